The molecule has 1 saturated heterocycles. The molecule has 0 saturated carbocycles. The van der Waals surface area contributed by atoms with Crippen molar-refractivity contribution in [3.8, 4) is 11.5 Å². The van der Waals surface area contributed by atoms with Gasteiger partial charge in [-0.15, -0.1) is 0 Å². The monoisotopic (exact) mass is 434 g/mol. The van der Waals surface area contributed by atoms with E-state index in [1.165, 1.54) is 6.07 Å². The molecule has 1 aliphatic heterocycles. The number of nitrogens with zero attached hydrogens (tertiary/aromatic N) is 2. The SMILES string of the molecule is CCOc1ccc(CC(=O)N2CCN(Cc3c(F)cccc3Cl)CC2)cc1OCC. The first-order chi connectivity index (χ1) is 14.5. The summed E-state index contributed by atoms with van der Waals surface area (Å²) in [7, 11) is 0. The Morgan fingerprint density at radius 1 is 1.03 bits per heavy atom. The number of halogens is 2. The summed E-state index contributed by atoms with van der Waals surface area (Å²) in [5, 5.41) is 0.439. The Morgan fingerprint density at radius 2 is 1.73 bits per heavy atom. The highest BCUT2D eigenvalue weighted by atomic mass is 35.5. The highest BCUT2D eigenvalue weighted by Crippen LogP contribution is 2.29. The van der Waals surface area contributed by atoms with Crippen molar-refractivity contribution in [1.29, 1.82) is 0 Å². The molecular weight excluding hydrogens is 407 g/mol. The quantitative estimate of drug-likeness (QED) is 0.625. The van der Waals surface area contributed by atoms with Gasteiger partial charge >= 0.3 is 0 Å². The van der Waals surface area contributed by atoms with Gasteiger partial charge in [-0.2, -0.15) is 0 Å². The van der Waals surface area contributed by atoms with Crippen molar-refractivity contribution < 1.29 is 18.7 Å². The predicted molar refractivity (Wildman–Crippen MR) is 116 cm³/mol. The summed E-state index contributed by atoms with van der Waals surface area (Å²) in [5.74, 6) is 1.14. The van der Waals surface area contributed by atoms with Gasteiger partial charge in [0, 0.05) is 43.3 Å². The highest BCUT2D eigenvalue weighted by molar-refractivity contribution is 6.31. The summed E-state index contributed by atoms with van der Waals surface area (Å²) in [6, 6.07) is 10.4. The molecule has 2 aromatic carbocycles. The van der Waals surface area contributed by atoms with Crippen LogP contribution in [0.1, 0.15) is 25.0 Å². The number of hydrogen-bond acceptors (Lipinski definition) is 4. The summed E-state index contributed by atoms with van der Waals surface area (Å²) in [6.07, 6.45) is 0.311. The Morgan fingerprint density at radius 3 is 2.40 bits per heavy atom. The lowest BCUT2D eigenvalue weighted by Gasteiger charge is -2.35. The van der Waals surface area contributed by atoms with E-state index in [-0.39, 0.29) is 11.7 Å². The van der Waals surface area contributed by atoms with Crippen LogP contribution >= 0.6 is 11.6 Å². The smallest absolute Gasteiger partial charge is 0.227 e. The van der Waals surface area contributed by atoms with E-state index >= 15 is 0 Å². The molecule has 3 rings (SSSR count). The third-order valence-corrected chi connectivity index (χ3v) is 5.49. The lowest BCUT2D eigenvalue weighted by atomic mass is 10.1. The van der Waals surface area contributed by atoms with Crippen LogP contribution in [0.2, 0.25) is 5.02 Å². The molecule has 0 bridgehead atoms. The zero-order valence-electron chi connectivity index (χ0n) is 17.5. The second-order valence-corrected chi connectivity index (χ2v) is 7.59. The normalized spacial score (nSPS) is 14.6. The van der Waals surface area contributed by atoms with Crippen LogP contribution in [0.25, 0.3) is 0 Å². The Labute approximate surface area is 182 Å². The fourth-order valence-electron chi connectivity index (χ4n) is 3.55. The minimum atomic E-state index is -0.290. The number of ether oxygens (including phenoxy) is 2. The van der Waals surface area contributed by atoms with E-state index in [0.717, 1.165) is 5.56 Å². The van der Waals surface area contributed by atoms with Gasteiger partial charge in [-0.1, -0.05) is 23.7 Å². The molecule has 30 heavy (non-hydrogen) atoms. The Bertz CT molecular complexity index is 849. The number of rotatable bonds is 8. The molecule has 162 valence electrons. The molecule has 1 amide bonds. The summed E-state index contributed by atoms with van der Waals surface area (Å²) in [6.45, 7) is 7.97. The molecule has 1 fully saturated rings. The average molecular weight is 435 g/mol. The number of hydrogen-bond donors (Lipinski definition) is 0. The van der Waals surface area contributed by atoms with Crippen LogP contribution in [0.5, 0.6) is 11.5 Å². The minimum absolute atomic E-state index is 0.0742. The maximum Gasteiger partial charge on any atom is 0.227 e. The van der Waals surface area contributed by atoms with Gasteiger partial charge < -0.3 is 14.4 Å². The number of carbonyl (C=O) groups excluding carboxylic acids is 1. The fraction of sp³-hybridized carbons (Fsp3) is 0.435. The van der Waals surface area contributed by atoms with Crippen LogP contribution in [0.4, 0.5) is 4.39 Å². The van der Waals surface area contributed by atoms with Gasteiger partial charge in [0.05, 0.1) is 19.6 Å². The molecule has 0 atom stereocenters. The fourth-order valence-corrected chi connectivity index (χ4v) is 3.78. The van der Waals surface area contributed by atoms with Crippen molar-refractivity contribution in [2.45, 2.75) is 26.8 Å². The standard InChI is InChI=1S/C23H28ClFN2O3/c1-3-29-21-9-8-17(14-22(21)30-4-2)15-23(28)27-12-10-26(11-13-27)16-18-19(24)6-5-7-20(18)25/h5-9,14H,3-4,10-13,15-16H2,1-2H3. The van der Waals surface area contributed by atoms with Crippen LogP contribution in [0.3, 0.4) is 0 Å². The van der Waals surface area contributed by atoms with Crippen LogP contribution < -0.4 is 9.47 Å². The van der Waals surface area contributed by atoms with Crippen molar-refractivity contribution in [2.24, 2.45) is 0 Å². The number of piperazine rings is 1. The van der Waals surface area contributed by atoms with Crippen LogP contribution in [0, 0.1) is 5.82 Å². The van der Waals surface area contributed by atoms with Gasteiger partial charge in [0.25, 0.3) is 0 Å². The third-order valence-electron chi connectivity index (χ3n) is 5.13. The van der Waals surface area contributed by atoms with E-state index in [1.807, 2.05) is 36.9 Å². The van der Waals surface area contributed by atoms with Gasteiger partial charge in [-0.25, -0.2) is 4.39 Å². The van der Waals surface area contributed by atoms with E-state index in [1.54, 1.807) is 12.1 Å². The van der Waals surface area contributed by atoms with E-state index in [9.17, 15) is 9.18 Å². The third kappa shape index (κ3) is 5.64. The molecule has 1 heterocycles. The first-order valence-corrected chi connectivity index (χ1v) is 10.7. The molecule has 2 aromatic rings. The molecule has 0 spiro atoms. The second kappa shape index (κ2) is 10.6. The summed E-state index contributed by atoms with van der Waals surface area (Å²) >= 11 is 6.13. The average Bonchev–Trinajstić information content (AvgIpc) is 2.73. The summed E-state index contributed by atoms with van der Waals surface area (Å²) in [4.78, 5) is 16.8. The second-order valence-electron chi connectivity index (χ2n) is 7.18. The molecule has 7 heteroatoms. The lowest BCUT2D eigenvalue weighted by Crippen LogP contribution is -2.48. The first kappa shape index (κ1) is 22.4. The van der Waals surface area contributed by atoms with Gasteiger partial charge in [0.2, 0.25) is 5.91 Å². The Balaban J connectivity index is 1.56. The molecule has 5 nitrogen and oxygen atoms in total. The van der Waals surface area contributed by atoms with Gasteiger partial charge in [0.1, 0.15) is 5.82 Å². The van der Waals surface area contributed by atoms with Gasteiger partial charge in [0.15, 0.2) is 11.5 Å². The molecule has 0 radical (unpaired) electrons. The van der Waals surface area contributed by atoms with Crippen LogP contribution in [0.15, 0.2) is 36.4 Å². The number of benzene rings is 2. The van der Waals surface area contributed by atoms with Crippen molar-refractivity contribution in [3.63, 3.8) is 0 Å². The number of amides is 1. The molecule has 0 unspecified atom stereocenters. The molecule has 0 aliphatic carbocycles. The summed E-state index contributed by atoms with van der Waals surface area (Å²) in [5.41, 5.74) is 1.41. The summed E-state index contributed by atoms with van der Waals surface area (Å²) < 4.78 is 25.3. The van der Waals surface area contributed by atoms with Crippen LogP contribution in [-0.4, -0.2) is 55.1 Å². The predicted octanol–water partition coefficient (Wildman–Crippen LogP) is 4.16. The Hall–Kier alpha value is -2.31. The molecular formula is C23H28ClFN2O3. The molecule has 1 aliphatic rings. The van der Waals surface area contributed by atoms with Crippen molar-refractivity contribution in [1.82, 2.24) is 9.80 Å². The van der Waals surface area contributed by atoms with Crippen molar-refractivity contribution in [3.05, 3.63) is 58.4 Å². The highest BCUT2D eigenvalue weighted by Gasteiger charge is 2.23. The van der Waals surface area contributed by atoms with E-state index in [0.29, 0.717) is 74.4 Å². The van der Waals surface area contributed by atoms with Crippen LogP contribution in [-0.2, 0) is 17.8 Å². The van der Waals surface area contributed by atoms with Crippen molar-refractivity contribution >= 4 is 17.5 Å². The Kier molecular flexibility index (Phi) is 7.94. The maximum atomic E-state index is 14.0. The van der Waals surface area contributed by atoms with Gasteiger partial charge in [-0.3, -0.25) is 9.69 Å². The largest absolute Gasteiger partial charge is 0.490 e. The topological polar surface area (TPSA) is 42.0 Å². The molecule has 0 N–H and O–H groups in total. The maximum absolute atomic E-state index is 14.0. The minimum Gasteiger partial charge on any atom is -0.490 e. The number of carbonyl (C=O) groups is 1. The zero-order valence-corrected chi connectivity index (χ0v) is 18.3. The lowest BCUT2D eigenvalue weighted by molar-refractivity contribution is -0.132. The van der Waals surface area contributed by atoms with E-state index < -0.39 is 0 Å². The van der Waals surface area contributed by atoms with Crippen molar-refractivity contribution in [2.75, 3.05) is 39.4 Å². The van der Waals surface area contributed by atoms with E-state index in [4.69, 9.17) is 21.1 Å². The molecule has 0 aromatic heterocycles. The zero-order chi connectivity index (χ0) is 21.5. The van der Waals surface area contributed by atoms with Gasteiger partial charge in [-0.05, 0) is 43.7 Å². The van der Waals surface area contributed by atoms with E-state index in [2.05, 4.69) is 4.90 Å². The first-order valence-electron chi connectivity index (χ1n) is 10.3.